The van der Waals surface area contributed by atoms with Crippen LogP contribution in [0.1, 0.15) is 23.7 Å². The summed E-state index contributed by atoms with van der Waals surface area (Å²) in [6.45, 7) is 1.94. The highest BCUT2D eigenvalue weighted by molar-refractivity contribution is 5.95. The Labute approximate surface area is 127 Å². The van der Waals surface area contributed by atoms with Crippen molar-refractivity contribution in [3.63, 3.8) is 0 Å². The summed E-state index contributed by atoms with van der Waals surface area (Å²) < 4.78 is 5.16. The van der Waals surface area contributed by atoms with Crippen LogP contribution >= 0.6 is 0 Å². The molecule has 1 aromatic carbocycles. The minimum Gasteiger partial charge on any atom is -0.484 e. The molecule has 0 saturated carbocycles. The van der Waals surface area contributed by atoms with Crippen LogP contribution in [0.15, 0.2) is 24.3 Å². The van der Waals surface area contributed by atoms with Crippen molar-refractivity contribution in [3.8, 4) is 5.75 Å². The number of ether oxygens (including phenoxy) is 1. The van der Waals surface area contributed by atoms with Crippen LogP contribution in [-0.2, 0) is 9.59 Å². The molecule has 0 aromatic heterocycles. The average Bonchev–Trinajstić information content (AvgIpc) is 2.88. The van der Waals surface area contributed by atoms with Crippen molar-refractivity contribution in [2.24, 2.45) is 11.1 Å². The predicted molar refractivity (Wildman–Crippen MR) is 77.4 cm³/mol. The maximum Gasteiger partial charge on any atom is 0.311 e. The fraction of sp³-hybridized carbons (Fsp3) is 0.400. The summed E-state index contributed by atoms with van der Waals surface area (Å²) >= 11 is 0. The number of likely N-dealkylation sites (tertiary alicyclic amines) is 1. The standard InChI is InChI=1S/C15H18N2O5/c1-15(14(20)21)5-6-17(9-15)13(19)10-3-2-4-11(7-10)22-8-12(16)18/h2-4,7H,5-6,8-9H2,1H3,(H2,16,18)(H,20,21)/t15-/m0/s1. The SMILES string of the molecule is C[C@]1(C(=O)O)CCN(C(=O)c2cccc(OCC(N)=O)c2)C1. The molecule has 22 heavy (non-hydrogen) atoms. The number of carboxylic acids is 1. The van der Waals surface area contributed by atoms with E-state index in [1.165, 1.54) is 11.0 Å². The molecule has 1 heterocycles. The Balaban J connectivity index is 2.09. The van der Waals surface area contributed by atoms with Gasteiger partial charge in [-0.25, -0.2) is 0 Å². The normalized spacial score (nSPS) is 20.7. The first kappa shape index (κ1) is 15.8. The first-order valence-corrected chi connectivity index (χ1v) is 6.86. The van der Waals surface area contributed by atoms with Crippen LogP contribution in [0.3, 0.4) is 0 Å². The van der Waals surface area contributed by atoms with Crippen molar-refractivity contribution in [2.75, 3.05) is 19.7 Å². The summed E-state index contributed by atoms with van der Waals surface area (Å²) in [5.41, 5.74) is 4.48. The third-order valence-corrected chi connectivity index (χ3v) is 3.74. The van der Waals surface area contributed by atoms with Crippen LogP contribution in [0.4, 0.5) is 0 Å². The predicted octanol–water partition coefficient (Wildman–Crippen LogP) is 0.488. The molecule has 1 aliphatic rings. The molecule has 0 bridgehead atoms. The Kier molecular flexibility index (Phi) is 4.35. The Morgan fingerprint density at radius 1 is 1.41 bits per heavy atom. The summed E-state index contributed by atoms with van der Waals surface area (Å²) in [6.07, 6.45) is 0.423. The van der Waals surface area contributed by atoms with E-state index < -0.39 is 17.3 Å². The lowest BCUT2D eigenvalue weighted by Crippen LogP contribution is -2.34. The summed E-state index contributed by atoms with van der Waals surface area (Å²) in [5.74, 6) is -1.39. The molecule has 0 spiro atoms. The number of benzene rings is 1. The highest BCUT2D eigenvalue weighted by Gasteiger charge is 2.42. The lowest BCUT2D eigenvalue weighted by atomic mass is 9.90. The molecular formula is C15H18N2O5. The summed E-state index contributed by atoms with van der Waals surface area (Å²) in [5, 5.41) is 9.21. The van der Waals surface area contributed by atoms with Gasteiger partial charge in [-0.05, 0) is 31.5 Å². The van der Waals surface area contributed by atoms with Gasteiger partial charge in [0.1, 0.15) is 5.75 Å². The van der Waals surface area contributed by atoms with E-state index >= 15 is 0 Å². The molecule has 7 heteroatoms. The van der Waals surface area contributed by atoms with E-state index in [1.807, 2.05) is 0 Å². The van der Waals surface area contributed by atoms with Gasteiger partial charge in [0.05, 0.1) is 5.41 Å². The summed E-state index contributed by atoms with van der Waals surface area (Å²) in [7, 11) is 0. The first-order chi connectivity index (χ1) is 10.3. The van der Waals surface area contributed by atoms with Gasteiger partial charge in [0, 0.05) is 18.7 Å². The molecule has 1 aliphatic heterocycles. The molecule has 0 radical (unpaired) electrons. The molecule has 1 aromatic rings. The maximum atomic E-state index is 12.4. The number of nitrogens with two attached hydrogens (primary N) is 1. The largest absolute Gasteiger partial charge is 0.484 e. The van der Waals surface area contributed by atoms with Gasteiger partial charge in [-0.1, -0.05) is 6.07 Å². The third-order valence-electron chi connectivity index (χ3n) is 3.74. The molecule has 0 unspecified atom stereocenters. The molecule has 1 fully saturated rings. The monoisotopic (exact) mass is 306 g/mol. The highest BCUT2D eigenvalue weighted by atomic mass is 16.5. The fourth-order valence-electron chi connectivity index (χ4n) is 2.36. The Morgan fingerprint density at radius 3 is 2.73 bits per heavy atom. The second-order valence-corrected chi connectivity index (χ2v) is 5.63. The highest BCUT2D eigenvalue weighted by Crippen LogP contribution is 2.31. The van der Waals surface area contributed by atoms with Crippen molar-refractivity contribution < 1.29 is 24.2 Å². The van der Waals surface area contributed by atoms with Crippen molar-refractivity contribution in [1.82, 2.24) is 4.90 Å². The maximum absolute atomic E-state index is 12.4. The second-order valence-electron chi connectivity index (χ2n) is 5.63. The lowest BCUT2D eigenvalue weighted by molar-refractivity contribution is -0.147. The van der Waals surface area contributed by atoms with E-state index in [1.54, 1.807) is 25.1 Å². The Bertz CT molecular complexity index is 616. The van der Waals surface area contributed by atoms with Gasteiger partial charge in [0.15, 0.2) is 6.61 Å². The van der Waals surface area contributed by atoms with E-state index in [-0.39, 0.29) is 19.1 Å². The number of amides is 2. The van der Waals surface area contributed by atoms with E-state index in [0.717, 1.165) is 0 Å². The van der Waals surface area contributed by atoms with E-state index in [4.69, 9.17) is 10.5 Å². The third kappa shape index (κ3) is 3.36. The van der Waals surface area contributed by atoms with E-state index in [9.17, 15) is 19.5 Å². The van der Waals surface area contributed by atoms with Gasteiger partial charge in [-0.15, -0.1) is 0 Å². The number of primary amides is 1. The van der Waals surface area contributed by atoms with Crippen LogP contribution in [0.25, 0.3) is 0 Å². The smallest absolute Gasteiger partial charge is 0.311 e. The quantitative estimate of drug-likeness (QED) is 0.822. The van der Waals surface area contributed by atoms with Gasteiger partial charge in [-0.2, -0.15) is 0 Å². The van der Waals surface area contributed by atoms with Crippen LogP contribution < -0.4 is 10.5 Å². The molecule has 1 saturated heterocycles. The van der Waals surface area contributed by atoms with Crippen LogP contribution in [0.2, 0.25) is 0 Å². The average molecular weight is 306 g/mol. The number of hydrogen-bond acceptors (Lipinski definition) is 4. The fourth-order valence-corrected chi connectivity index (χ4v) is 2.36. The number of aliphatic carboxylic acids is 1. The molecule has 3 N–H and O–H groups in total. The zero-order valence-electron chi connectivity index (χ0n) is 12.2. The molecule has 1 atom stereocenters. The number of carboxylic acid groups (broad SMARTS) is 1. The van der Waals surface area contributed by atoms with Gasteiger partial charge in [0.25, 0.3) is 11.8 Å². The Morgan fingerprint density at radius 2 is 2.14 bits per heavy atom. The lowest BCUT2D eigenvalue weighted by Gasteiger charge is -2.20. The molecule has 118 valence electrons. The van der Waals surface area contributed by atoms with Crippen LogP contribution in [-0.4, -0.2) is 47.5 Å². The molecule has 0 aliphatic carbocycles. The van der Waals surface area contributed by atoms with Crippen LogP contribution in [0.5, 0.6) is 5.75 Å². The summed E-state index contributed by atoms with van der Waals surface area (Å²) in [4.78, 5) is 35.9. The zero-order valence-corrected chi connectivity index (χ0v) is 12.2. The molecular weight excluding hydrogens is 288 g/mol. The molecule has 2 rings (SSSR count). The van der Waals surface area contributed by atoms with Gasteiger partial charge >= 0.3 is 5.97 Å². The molecule has 2 amide bonds. The summed E-state index contributed by atoms with van der Waals surface area (Å²) in [6, 6.07) is 6.39. The minimum atomic E-state index is -0.907. The first-order valence-electron chi connectivity index (χ1n) is 6.86. The van der Waals surface area contributed by atoms with Gasteiger partial charge in [0.2, 0.25) is 0 Å². The minimum absolute atomic E-state index is 0.174. The number of carbonyl (C=O) groups excluding carboxylic acids is 2. The number of nitrogens with zero attached hydrogens (tertiary/aromatic N) is 1. The molecule has 7 nitrogen and oxygen atoms in total. The Hall–Kier alpha value is -2.57. The number of carbonyl (C=O) groups is 3. The van der Waals surface area contributed by atoms with Crippen LogP contribution in [0, 0.1) is 5.41 Å². The number of rotatable bonds is 5. The van der Waals surface area contributed by atoms with Crippen molar-refractivity contribution in [2.45, 2.75) is 13.3 Å². The van der Waals surface area contributed by atoms with E-state index in [0.29, 0.717) is 24.3 Å². The van der Waals surface area contributed by atoms with Crippen molar-refractivity contribution >= 4 is 17.8 Å². The van der Waals surface area contributed by atoms with Gasteiger partial charge < -0.3 is 20.5 Å². The number of hydrogen-bond donors (Lipinski definition) is 2. The van der Waals surface area contributed by atoms with E-state index in [2.05, 4.69) is 0 Å². The van der Waals surface area contributed by atoms with Crippen molar-refractivity contribution in [1.29, 1.82) is 0 Å². The zero-order chi connectivity index (χ0) is 16.3. The van der Waals surface area contributed by atoms with Gasteiger partial charge in [-0.3, -0.25) is 14.4 Å². The topological polar surface area (TPSA) is 110 Å². The van der Waals surface area contributed by atoms with Crippen molar-refractivity contribution in [3.05, 3.63) is 29.8 Å². The second kappa shape index (κ2) is 6.05.